The van der Waals surface area contributed by atoms with Crippen LogP contribution in [0.4, 0.5) is 4.79 Å². The molecular weight excluding hydrogens is 320 g/mol. The van der Waals surface area contributed by atoms with E-state index in [9.17, 15) is 9.59 Å². The molecule has 0 atom stereocenters. The van der Waals surface area contributed by atoms with Gasteiger partial charge in [-0.2, -0.15) is 0 Å². The first-order chi connectivity index (χ1) is 11.0. The van der Waals surface area contributed by atoms with Crippen LogP contribution in [0.1, 0.15) is 12.5 Å². The molecule has 0 saturated carbocycles. The minimum Gasteiger partial charge on any atom is -0.497 e. The van der Waals surface area contributed by atoms with Crippen molar-refractivity contribution in [3.05, 3.63) is 28.8 Å². The molecule has 2 rings (SSSR count). The lowest BCUT2D eigenvalue weighted by atomic mass is 10.1. The zero-order valence-electron chi connectivity index (χ0n) is 13.4. The highest BCUT2D eigenvalue weighted by Crippen LogP contribution is 2.23. The molecule has 7 heteroatoms. The summed E-state index contributed by atoms with van der Waals surface area (Å²) in [6.45, 7) is 4.11. The second-order valence-corrected chi connectivity index (χ2v) is 5.61. The SMILES string of the molecule is CCOC(=O)N1CCN(C(=O)Cc2ccc(OC)cc2Cl)CC1. The number of carbonyl (C=O) groups is 2. The molecule has 1 aliphatic heterocycles. The molecule has 1 fully saturated rings. The number of rotatable bonds is 4. The summed E-state index contributed by atoms with van der Waals surface area (Å²) in [6, 6.07) is 5.28. The van der Waals surface area contributed by atoms with Gasteiger partial charge in [0.05, 0.1) is 20.1 Å². The van der Waals surface area contributed by atoms with Gasteiger partial charge in [-0.25, -0.2) is 4.79 Å². The van der Waals surface area contributed by atoms with Crippen LogP contribution in [-0.4, -0.2) is 61.7 Å². The van der Waals surface area contributed by atoms with E-state index in [0.717, 1.165) is 5.56 Å². The molecule has 126 valence electrons. The van der Waals surface area contributed by atoms with E-state index in [1.807, 2.05) is 0 Å². The van der Waals surface area contributed by atoms with E-state index in [-0.39, 0.29) is 18.4 Å². The van der Waals surface area contributed by atoms with Crippen LogP contribution in [-0.2, 0) is 16.0 Å². The van der Waals surface area contributed by atoms with Crippen molar-refractivity contribution >= 4 is 23.6 Å². The number of halogens is 1. The van der Waals surface area contributed by atoms with Crippen LogP contribution in [0.2, 0.25) is 5.02 Å². The molecular formula is C16H21ClN2O4. The number of nitrogens with zero attached hydrogens (tertiary/aromatic N) is 2. The Labute approximate surface area is 140 Å². The van der Waals surface area contributed by atoms with Gasteiger partial charge >= 0.3 is 6.09 Å². The normalized spacial score (nSPS) is 14.6. The Hall–Kier alpha value is -1.95. The Morgan fingerprint density at radius 2 is 1.83 bits per heavy atom. The number of methoxy groups -OCH3 is 1. The monoisotopic (exact) mass is 340 g/mol. The number of hydrogen-bond acceptors (Lipinski definition) is 4. The number of ether oxygens (including phenoxy) is 2. The third-order valence-corrected chi connectivity index (χ3v) is 4.11. The van der Waals surface area contributed by atoms with Gasteiger partial charge in [0.1, 0.15) is 5.75 Å². The molecule has 1 saturated heterocycles. The van der Waals surface area contributed by atoms with Gasteiger partial charge in [-0.15, -0.1) is 0 Å². The summed E-state index contributed by atoms with van der Waals surface area (Å²) in [5.74, 6) is 0.662. The van der Waals surface area contributed by atoms with Gasteiger partial charge in [0.25, 0.3) is 0 Å². The molecule has 0 spiro atoms. The van der Waals surface area contributed by atoms with Crippen molar-refractivity contribution in [2.24, 2.45) is 0 Å². The highest BCUT2D eigenvalue weighted by atomic mass is 35.5. The largest absolute Gasteiger partial charge is 0.497 e. The maximum absolute atomic E-state index is 12.4. The molecule has 1 aromatic carbocycles. The summed E-state index contributed by atoms with van der Waals surface area (Å²) in [5, 5.41) is 0.517. The summed E-state index contributed by atoms with van der Waals surface area (Å²) in [6.07, 6.45) is -0.0832. The third kappa shape index (κ3) is 4.51. The third-order valence-electron chi connectivity index (χ3n) is 3.76. The molecule has 0 radical (unpaired) electrons. The fraction of sp³-hybridized carbons (Fsp3) is 0.500. The summed E-state index contributed by atoms with van der Waals surface area (Å²) in [4.78, 5) is 27.4. The maximum atomic E-state index is 12.4. The second kappa shape index (κ2) is 8.06. The Morgan fingerprint density at radius 1 is 1.17 bits per heavy atom. The smallest absolute Gasteiger partial charge is 0.409 e. The van der Waals surface area contributed by atoms with Crippen LogP contribution < -0.4 is 4.74 Å². The van der Waals surface area contributed by atoms with Gasteiger partial charge in [-0.1, -0.05) is 17.7 Å². The molecule has 6 nitrogen and oxygen atoms in total. The van der Waals surface area contributed by atoms with E-state index in [1.165, 1.54) is 0 Å². The molecule has 0 aliphatic carbocycles. The van der Waals surface area contributed by atoms with Crippen LogP contribution in [0.3, 0.4) is 0 Å². The Balaban J connectivity index is 1.89. The average molecular weight is 341 g/mol. The first-order valence-corrected chi connectivity index (χ1v) is 7.94. The molecule has 23 heavy (non-hydrogen) atoms. The van der Waals surface area contributed by atoms with Gasteiger partial charge in [-0.3, -0.25) is 4.79 Å². The minimum atomic E-state index is -0.321. The van der Waals surface area contributed by atoms with Crippen molar-refractivity contribution in [3.63, 3.8) is 0 Å². The van der Waals surface area contributed by atoms with Crippen LogP contribution in [0, 0.1) is 0 Å². The van der Waals surface area contributed by atoms with Crippen molar-refractivity contribution in [3.8, 4) is 5.75 Å². The lowest BCUT2D eigenvalue weighted by Gasteiger charge is -2.34. The van der Waals surface area contributed by atoms with Crippen LogP contribution in [0.15, 0.2) is 18.2 Å². The molecule has 2 amide bonds. The summed E-state index contributed by atoms with van der Waals surface area (Å²) in [7, 11) is 1.57. The van der Waals surface area contributed by atoms with Crippen molar-refractivity contribution in [2.45, 2.75) is 13.3 Å². The molecule has 0 bridgehead atoms. The number of hydrogen-bond donors (Lipinski definition) is 0. The first kappa shape index (κ1) is 17.4. The molecule has 1 heterocycles. The predicted molar refractivity (Wildman–Crippen MR) is 86.9 cm³/mol. The number of piperazine rings is 1. The summed E-state index contributed by atoms with van der Waals surface area (Å²) >= 11 is 6.17. The molecule has 0 unspecified atom stereocenters. The zero-order chi connectivity index (χ0) is 16.8. The number of carbonyl (C=O) groups excluding carboxylic acids is 2. The van der Waals surface area contributed by atoms with Crippen LogP contribution in [0.25, 0.3) is 0 Å². The van der Waals surface area contributed by atoms with Crippen molar-refractivity contribution in [1.29, 1.82) is 0 Å². The molecule has 0 N–H and O–H groups in total. The number of benzene rings is 1. The van der Waals surface area contributed by atoms with E-state index < -0.39 is 0 Å². The van der Waals surface area contributed by atoms with Gasteiger partial charge in [0, 0.05) is 31.2 Å². The highest BCUT2D eigenvalue weighted by Gasteiger charge is 2.25. The fourth-order valence-electron chi connectivity index (χ4n) is 2.43. The van der Waals surface area contributed by atoms with Crippen molar-refractivity contribution in [2.75, 3.05) is 39.9 Å². The Kier molecular flexibility index (Phi) is 6.10. The molecule has 1 aromatic rings. The van der Waals surface area contributed by atoms with Crippen molar-refractivity contribution < 1.29 is 19.1 Å². The minimum absolute atomic E-state index is 0.000533. The van der Waals surface area contributed by atoms with Crippen LogP contribution in [0.5, 0.6) is 5.75 Å². The van der Waals surface area contributed by atoms with Gasteiger partial charge in [0.15, 0.2) is 0 Å². The van der Waals surface area contributed by atoms with E-state index in [2.05, 4.69) is 0 Å². The lowest BCUT2D eigenvalue weighted by Crippen LogP contribution is -2.51. The Morgan fingerprint density at radius 3 is 2.39 bits per heavy atom. The highest BCUT2D eigenvalue weighted by molar-refractivity contribution is 6.31. The van der Waals surface area contributed by atoms with Gasteiger partial charge in [-0.05, 0) is 24.6 Å². The molecule has 0 aromatic heterocycles. The quantitative estimate of drug-likeness (QED) is 0.843. The predicted octanol–water partition coefficient (Wildman–Crippen LogP) is 2.19. The summed E-state index contributed by atoms with van der Waals surface area (Å²) in [5.41, 5.74) is 0.769. The van der Waals surface area contributed by atoms with E-state index in [1.54, 1.807) is 42.0 Å². The number of amides is 2. The molecule has 1 aliphatic rings. The van der Waals surface area contributed by atoms with Crippen LogP contribution >= 0.6 is 11.6 Å². The van der Waals surface area contributed by atoms with Gasteiger partial charge < -0.3 is 19.3 Å². The lowest BCUT2D eigenvalue weighted by molar-refractivity contribution is -0.132. The second-order valence-electron chi connectivity index (χ2n) is 5.20. The van der Waals surface area contributed by atoms with E-state index in [0.29, 0.717) is 43.6 Å². The summed E-state index contributed by atoms with van der Waals surface area (Å²) < 4.78 is 10.1. The van der Waals surface area contributed by atoms with Crippen molar-refractivity contribution in [1.82, 2.24) is 9.80 Å². The topological polar surface area (TPSA) is 59.1 Å². The van der Waals surface area contributed by atoms with E-state index >= 15 is 0 Å². The standard InChI is InChI=1S/C16H21ClN2O4/c1-3-23-16(21)19-8-6-18(7-9-19)15(20)10-12-4-5-13(22-2)11-14(12)17/h4-5,11H,3,6-10H2,1-2H3. The van der Waals surface area contributed by atoms with Gasteiger partial charge in [0.2, 0.25) is 5.91 Å². The Bertz CT molecular complexity index is 571. The first-order valence-electron chi connectivity index (χ1n) is 7.57. The fourth-order valence-corrected chi connectivity index (χ4v) is 2.66. The van der Waals surface area contributed by atoms with E-state index in [4.69, 9.17) is 21.1 Å². The average Bonchev–Trinajstić information content (AvgIpc) is 2.57. The zero-order valence-corrected chi connectivity index (χ0v) is 14.1. The maximum Gasteiger partial charge on any atom is 0.409 e.